The van der Waals surface area contributed by atoms with Gasteiger partial charge >= 0.3 is 0 Å². The minimum Gasteiger partial charge on any atom is -0.497 e. The van der Waals surface area contributed by atoms with Crippen molar-refractivity contribution in [2.24, 2.45) is 0 Å². The van der Waals surface area contributed by atoms with E-state index in [9.17, 15) is 8.78 Å². The van der Waals surface area contributed by atoms with Crippen LogP contribution in [0.5, 0.6) is 5.75 Å². The molecule has 2 rings (SSSR count). The number of benzene rings is 1. The lowest BCUT2D eigenvalue weighted by molar-refractivity contribution is 0.404. The number of halogens is 3. The van der Waals surface area contributed by atoms with Gasteiger partial charge in [-0.15, -0.1) is 11.6 Å². The third-order valence-corrected chi connectivity index (χ3v) is 3.09. The van der Waals surface area contributed by atoms with Gasteiger partial charge in [0.1, 0.15) is 28.5 Å². The molecule has 1 heterocycles. The Hall–Kier alpha value is -1.55. The van der Waals surface area contributed by atoms with Gasteiger partial charge in [-0.1, -0.05) is 0 Å². The lowest BCUT2D eigenvalue weighted by atomic mass is 10.1. The summed E-state index contributed by atoms with van der Waals surface area (Å²) in [5, 5.41) is -1.01. The third kappa shape index (κ3) is 2.20. The number of rotatable bonds is 3. The molecule has 0 aliphatic rings. The SMILES string of the molecule is COc1cc(F)c(C(Cl)c2occc2C)c(F)c1. The predicted molar refractivity (Wildman–Crippen MR) is 64.1 cm³/mol. The molecule has 5 heteroatoms. The average Bonchev–Trinajstić information content (AvgIpc) is 2.74. The number of hydrogen-bond donors (Lipinski definition) is 0. The highest BCUT2D eigenvalue weighted by atomic mass is 35.5. The Bertz CT molecular complexity index is 543. The van der Waals surface area contributed by atoms with Gasteiger partial charge in [0.25, 0.3) is 0 Å². The van der Waals surface area contributed by atoms with Gasteiger partial charge in [-0.25, -0.2) is 8.78 Å². The highest BCUT2D eigenvalue weighted by Crippen LogP contribution is 2.36. The maximum Gasteiger partial charge on any atom is 0.134 e. The van der Waals surface area contributed by atoms with Crippen molar-refractivity contribution in [3.05, 3.63) is 53.0 Å². The van der Waals surface area contributed by atoms with Gasteiger partial charge < -0.3 is 9.15 Å². The molecular formula is C13H11ClF2O2. The lowest BCUT2D eigenvalue weighted by Crippen LogP contribution is -2.02. The molecular weight excluding hydrogens is 262 g/mol. The first-order chi connectivity index (χ1) is 8.54. The largest absolute Gasteiger partial charge is 0.497 e. The predicted octanol–water partition coefficient (Wildman–Crippen LogP) is 4.20. The summed E-state index contributed by atoms with van der Waals surface area (Å²) in [5.41, 5.74) is 0.500. The van der Waals surface area contributed by atoms with Crippen molar-refractivity contribution >= 4 is 11.6 Å². The minimum atomic E-state index is -1.01. The quantitative estimate of drug-likeness (QED) is 0.781. The Morgan fingerprint density at radius 1 is 1.28 bits per heavy atom. The summed E-state index contributed by atoms with van der Waals surface area (Å²) in [7, 11) is 1.34. The number of aryl methyl sites for hydroxylation is 1. The summed E-state index contributed by atoms with van der Waals surface area (Å²) in [5.74, 6) is -1.08. The first-order valence-electron chi connectivity index (χ1n) is 5.25. The molecule has 2 aromatic rings. The highest BCUT2D eigenvalue weighted by Gasteiger charge is 2.24. The van der Waals surface area contributed by atoms with E-state index in [2.05, 4.69) is 0 Å². The Kier molecular flexibility index (Phi) is 3.57. The molecule has 1 atom stereocenters. The Morgan fingerprint density at radius 3 is 2.33 bits per heavy atom. The molecule has 1 unspecified atom stereocenters. The van der Waals surface area contributed by atoms with Crippen molar-refractivity contribution < 1.29 is 17.9 Å². The Balaban J connectivity index is 2.48. The van der Waals surface area contributed by atoms with Crippen LogP contribution in [-0.4, -0.2) is 7.11 Å². The van der Waals surface area contributed by atoms with E-state index in [4.69, 9.17) is 20.8 Å². The average molecular weight is 273 g/mol. The molecule has 0 saturated heterocycles. The second-order valence-electron chi connectivity index (χ2n) is 3.84. The zero-order valence-corrected chi connectivity index (χ0v) is 10.6. The van der Waals surface area contributed by atoms with Crippen molar-refractivity contribution in [1.29, 1.82) is 0 Å². The van der Waals surface area contributed by atoms with Crippen molar-refractivity contribution in [2.75, 3.05) is 7.11 Å². The summed E-state index contributed by atoms with van der Waals surface area (Å²) in [6, 6.07) is 3.86. The highest BCUT2D eigenvalue weighted by molar-refractivity contribution is 6.22. The van der Waals surface area contributed by atoms with Gasteiger partial charge in [0.2, 0.25) is 0 Å². The van der Waals surface area contributed by atoms with Gasteiger partial charge in [-0.05, 0) is 18.6 Å². The van der Waals surface area contributed by atoms with Crippen molar-refractivity contribution in [1.82, 2.24) is 0 Å². The van der Waals surface area contributed by atoms with Crippen LogP contribution in [-0.2, 0) is 0 Å². The third-order valence-electron chi connectivity index (χ3n) is 2.67. The second-order valence-corrected chi connectivity index (χ2v) is 4.27. The number of furan rings is 1. The fourth-order valence-electron chi connectivity index (χ4n) is 1.70. The van der Waals surface area contributed by atoms with Crippen LogP contribution in [0.4, 0.5) is 8.78 Å². The molecule has 0 saturated carbocycles. The molecule has 96 valence electrons. The molecule has 18 heavy (non-hydrogen) atoms. The molecule has 2 nitrogen and oxygen atoms in total. The van der Waals surface area contributed by atoms with E-state index in [0.29, 0.717) is 5.76 Å². The molecule has 0 bridgehead atoms. The molecule has 1 aromatic heterocycles. The van der Waals surface area contributed by atoms with E-state index in [-0.39, 0.29) is 11.3 Å². The zero-order chi connectivity index (χ0) is 13.3. The first-order valence-corrected chi connectivity index (χ1v) is 5.69. The smallest absolute Gasteiger partial charge is 0.134 e. The van der Waals surface area contributed by atoms with Gasteiger partial charge in [0.15, 0.2) is 0 Å². The van der Waals surface area contributed by atoms with Crippen LogP contribution in [0.3, 0.4) is 0 Å². The molecule has 0 aliphatic carbocycles. The Labute approximate surface area is 108 Å². The molecule has 1 aromatic carbocycles. The van der Waals surface area contributed by atoms with E-state index in [0.717, 1.165) is 17.7 Å². The summed E-state index contributed by atoms with van der Waals surface area (Å²) in [4.78, 5) is 0. The second kappa shape index (κ2) is 4.98. The van der Waals surface area contributed by atoms with Crippen LogP contribution in [0.2, 0.25) is 0 Å². The van der Waals surface area contributed by atoms with Crippen LogP contribution >= 0.6 is 11.6 Å². The van der Waals surface area contributed by atoms with Crippen LogP contribution in [0.15, 0.2) is 28.9 Å². The van der Waals surface area contributed by atoms with E-state index in [1.165, 1.54) is 13.4 Å². The summed E-state index contributed by atoms with van der Waals surface area (Å²) in [6.45, 7) is 1.76. The van der Waals surface area contributed by atoms with Gasteiger partial charge in [-0.2, -0.15) is 0 Å². The first kappa shape index (κ1) is 12.9. The molecule has 0 spiro atoms. The van der Waals surface area contributed by atoms with Gasteiger partial charge in [-0.3, -0.25) is 0 Å². The molecule has 0 N–H and O–H groups in total. The summed E-state index contributed by atoms with van der Waals surface area (Å²) in [6.07, 6.45) is 1.43. The number of ether oxygens (including phenoxy) is 1. The number of methoxy groups -OCH3 is 1. The lowest BCUT2D eigenvalue weighted by Gasteiger charge is -2.12. The maximum atomic E-state index is 13.8. The normalized spacial score (nSPS) is 12.5. The van der Waals surface area contributed by atoms with Crippen molar-refractivity contribution in [2.45, 2.75) is 12.3 Å². The summed E-state index contributed by atoms with van der Waals surface area (Å²) >= 11 is 6.07. The maximum absolute atomic E-state index is 13.8. The van der Waals surface area contributed by atoms with E-state index >= 15 is 0 Å². The Morgan fingerprint density at radius 2 is 1.89 bits per heavy atom. The van der Waals surface area contributed by atoms with Crippen molar-refractivity contribution in [3.8, 4) is 5.75 Å². The fraction of sp³-hybridized carbons (Fsp3) is 0.231. The molecule has 0 radical (unpaired) electrons. The van der Waals surface area contributed by atoms with E-state index in [1.54, 1.807) is 13.0 Å². The number of alkyl halides is 1. The van der Waals surface area contributed by atoms with Crippen LogP contribution in [0.25, 0.3) is 0 Å². The zero-order valence-electron chi connectivity index (χ0n) is 9.84. The minimum absolute atomic E-state index is 0.105. The molecule has 0 aliphatic heterocycles. The number of hydrogen-bond acceptors (Lipinski definition) is 2. The van der Waals surface area contributed by atoms with E-state index in [1.807, 2.05) is 0 Å². The topological polar surface area (TPSA) is 22.4 Å². The van der Waals surface area contributed by atoms with E-state index < -0.39 is 17.0 Å². The monoisotopic (exact) mass is 272 g/mol. The molecule has 0 amide bonds. The van der Waals surface area contributed by atoms with Crippen LogP contribution < -0.4 is 4.74 Å². The summed E-state index contributed by atoms with van der Waals surface area (Å²) < 4.78 is 37.6. The van der Waals surface area contributed by atoms with Crippen LogP contribution in [0.1, 0.15) is 22.3 Å². The molecule has 0 fully saturated rings. The standard InChI is InChI=1S/C13H11ClF2O2/c1-7-3-4-18-13(7)12(14)11-9(15)5-8(17-2)6-10(11)16/h3-6,12H,1-2H3. The van der Waals surface area contributed by atoms with Crippen molar-refractivity contribution in [3.63, 3.8) is 0 Å². The fourth-order valence-corrected chi connectivity index (χ4v) is 2.13. The van der Waals surface area contributed by atoms with Crippen LogP contribution in [0, 0.1) is 18.6 Å². The van der Waals surface area contributed by atoms with Gasteiger partial charge in [0.05, 0.1) is 13.4 Å². The van der Waals surface area contributed by atoms with Gasteiger partial charge in [0, 0.05) is 17.7 Å².